The summed E-state index contributed by atoms with van der Waals surface area (Å²) in [6, 6.07) is 14.3. The minimum absolute atomic E-state index is 0.0352. The summed E-state index contributed by atoms with van der Waals surface area (Å²) < 4.78 is 11.7. The molecule has 3 heteroatoms. The van der Waals surface area contributed by atoms with Gasteiger partial charge in [-0.15, -0.1) is 0 Å². The highest BCUT2D eigenvalue weighted by Gasteiger charge is 2.24. The van der Waals surface area contributed by atoms with Crippen molar-refractivity contribution in [2.24, 2.45) is 5.73 Å². The number of ether oxygens (including phenoxy) is 2. The van der Waals surface area contributed by atoms with E-state index in [0.717, 1.165) is 17.1 Å². The Hall–Kier alpha value is -2.00. The van der Waals surface area contributed by atoms with Gasteiger partial charge < -0.3 is 15.2 Å². The molecule has 3 rings (SSSR count). The minimum Gasteiger partial charge on any atom is -0.493 e. The van der Waals surface area contributed by atoms with E-state index in [1.54, 1.807) is 0 Å². The standard InChI is InChI=1S/C18H21NO2/c1-12-7-8-18(16(9-12)13(2)19)21-11-14-10-20-17-6-4-3-5-15(14)17/h3-9,13-14H,10-11,19H2,1-2H3/t13-,14?/m1/s1. The highest BCUT2D eigenvalue weighted by Crippen LogP contribution is 2.34. The first-order chi connectivity index (χ1) is 10.1. The molecule has 0 saturated carbocycles. The summed E-state index contributed by atoms with van der Waals surface area (Å²) in [5.41, 5.74) is 9.52. The van der Waals surface area contributed by atoms with Gasteiger partial charge in [-0.25, -0.2) is 0 Å². The first-order valence-corrected chi connectivity index (χ1v) is 7.36. The van der Waals surface area contributed by atoms with Crippen LogP contribution in [-0.2, 0) is 0 Å². The van der Waals surface area contributed by atoms with Gasteiger partial charge in [0.2, 0.25) is 0 Å². The van der Waals surface area contributed by atoms with Crippen molar-refractivity contribution in [1.82, 2.24) is 0 Å². The molecular weight excluding hydrogens is 262 g/mol. The lowest BCUT2D eigenvalue weighted by Crippen LogP contribution is -2.14. The Bertz CT molecular complexity index is 637. The number of aryl methyl sites for hydroxylation is 1. The molecule has 0 aromatic heterocycles. The van der Waals surface area contributed by atoms with Crippen LogP contribution < -0.4 is 15.2 Å². The van der Waals surface area contributed by atoms with Crippen LogP contribution in [0.25, 0.3) is 0 Å². The normalized spacial score (nSPS) is 18.0. The summed E-state index contributed by atoms with van der Waals surface area (Å²) in [5, 5.41) is 0. The highest BCUT2D eigenvalue weighted by molar-refractivity contribution is 5.41. The van der Waals surface area contributed by atoms with Gasteiger partial charge in [-0.05, 0) is 26.0 Å². The molecule has 0 amide bonds. The number of hydrogen-bond donors (Lipinski definition) is 1. The van der Waals surface area contributed by atoms with E-state index in [2.05, 4.69) is 25.1 Å². The lowest BCUT2D eigenvalue weighted by molar-refractivity contribution is 0.246. The summed E-state index contributed by atoms with van der Waals surface area (Å²) in [4.78, 5) is 0. The molecule has 0 spiro atoms. The van der Waals surface area contributed by atoms with E-state index in [1.165, 1.54) is 11.1 Å². The van der Waals surface area contributed by atoms with E-state index in [1.807, 2.05) is 31.2 Å². The van der Waals surface area contributed by atoms with Crippen LogP contribution in [0.5, 0.6) is 11.5 Å². The SMILES string of the molecule is Cc1ccc(OCC2COc3ccccc32)c([C@@H](C)N)c1. The zero-order valence-electron chi connectivity index (χ0n) is 12.5. The number of benzene rings is 2. The van der Waals surface area contributed by atoms with Crippen LogP contribution in [0.1, 0.15) is 35.6 Å². The second kappa shape index (κ2) is 5.78. The van der Waals surface area contributed by atoms with Crippen molar-refractivity contribution in [3.63, 3.8) is 0 Å². The van der Waals surface area contributed by atoms with E-state index in [4.69, 9.17) is 15.2 Å². The summed E-state index contributed by atoms with van der Waals surface area (Å²) >= 11 is 0. The van der Waals surface area contributed by atoms with E-state index >= 15 is 0 Å². The molecule has 110 valence electrons. The molecule has 0 fully saturated rings. The van der Waals surface area contributed by atoms with Gasteiger partial charge in [-0.1, -0.05) is 35.9 Å². The molecule has 2 aromatic carbocycles. The van der Waals surface area contributed by atoms with Crippen molar-refractivity contribution in [2.45, 2.75) is 25.8 Å². The first kappa shape index (κ1) is 14.0. The second-order valence-electron chi connectivity index (χ2n) is 5.69. The van der Waals surface area contributed by atoms with Gasteiger partial charge in [0.25, 0.3) is 0 Å². The van der Waals surface area contributed by atoms with Crippen LogP contribution in [-0.4, -0.2) is 13.2 Å². The highest BCUT2D eigenvalue weighted by atomic mass is 16.5. The van der Waals surface area contributed by atoms with E-state index < -0.39 is 0 Å². The maximum Gasteiger partial charge on any atom is 0.124 e. The van der Waals surface area contributed by atoms with Gasteiger partial charge in [0, 0.05) is 17.2 Å². The molecule has 0 bridgehead atoms. The van der Waals surface area contributed by atoms with Crippen molar-refractivity contribution in [1.29, 1.82) is 0 Å². The Labute approximate surface area is 125 Å². The molecule has 1 heterocycles. The van der Waals surface area contributed by atoms with Crippen molar-refractivity contribution >= 4 is 0 Å². The van der Waals surface area contributed by atoms with Crippen LogP contribution >= 0.6 is 0 Å². The van der Waals surface area contributed by atoms with Gasteiger partial charge in [0.15, 0.2) is 0 Å². The average Bonchev–Trinajstić information content (AvgIpc) is 2.89. The van der Waals surface area contributed by atoms with Gasteiger partial charge >= 0.3 is 0 Å². The van der Waals surface area contributed by atoms with Crippen molar-refractivity contribution in [3.8, 4) is 11.5 Å². The van der Waals surface area contributed by atoms with Gasteiger partial charge in [0.05, 0.1) is 19.1 Å². The fourth-order valence-corrected chi connectivity index (χ4v) is 2.71. The Balaban J connectivity index is 1.75. The van der Waals surface area contributed by atoms with Gasteiger partial charge in [-0.2, -0.15) is 0 Å². The molecule has 1 aliphatic rings. The lowest BCUT2D eigenvalue weighted by Gasteiger charge is -2.17. The predicted molar refractivity (Wildman–Crippen MR) is 84.0 cm³/mol. The third-order valence-corrected chi connectivity index (χ3v) is 3.89. The molecule has 2 aromatic rings. The minimum atomic E-state index is -0.0352. The average molecular weight is 283 g/mol. The number of nitrogens with two attached hydrogens (primary N) is 1. The van der Waals surface area contributed by atoms with Crippen LogP contribution in [0.2, 0.25) is 0 Å². The number of para-hydroxylation sites is 1. The third kappa shape index (κ3) is 2.88. The maximum atomic E-state index is 6.04. The Kier molecular flexibility index (Phi) is 3.84. The third-order valence-electron chi connectivity index (χ3n) is 3.89. The van der Waals surface area contributed by atoms with E-state index in [-0.39, 0.29) is 12.0 Å². The second-order valence-corrected chi connectivity index (χ2v) is 5.69. The Morgan fingerprint density at radius 2 is 2.10 bits per heavy atom. The Morgan fingerprint density at radius 3 is 2.90 bits per heavy atom. The maximum absolute atomic E-state index is 6.04. The van der Waals surface area contributed by atoms with Crippen LogP contribution in [0.15, 0.2) is 42.5 Å². The molecule has 21 heavy (non-hydrogen) atoms. The number of rotatable bonds is 4. The number of hydrogen-bond acceptors (Lipinski definition) is 3. The number of fused-ring (bicyclic) bond motifs is 1. The molecule has 0 saturated heterocycles. The summed E-state index contributed by atoms with van der Waals surface area (Å²) in [7, 11) is 0. The first-order valence-electron chi connectivity index (χ1n) is 7.36. The van der Waals surface area contributed by atoms with E-state index in [9.17, 15) is 0 Å². The molecule has 1 unspecified atom stereocenters. The fourth-order valence-electron chi connectivity index (χ4n) is 2.71. The van der Waals surface area contributed by atoms with Crippen LogP contribution in [0, 0.1) is 6.92 Å². The quantitative estimate of drug-likeness (QED) is 0.933. The van der Waals surface area contributed by atoms with Crippen molar-refractivity contribution in [2.75, 3.05) is 13.2 Å². The molecule has 3 nitrogen and oxygen atoms in total. The fraction of sp³-hybridized carbons (Fsp3) is 0.333. The molecule has 0 aliphatic carbocycles. The summed E-state index contributed by atoms with van der Waals surface area (Å²) in [6.07, 6.45) is 0. The smallest absolute Gasteiger partial charge is 0.124 e. The summed E-state index contributed by atoms with van der Waals surface area (Å²) in [5.74, 6) is 2.13. The Morgan fingerprint density at radius 1 is 1.29 bits per heavy atom. The lowest BCUT2D eigenvalue weighted by atomic mass is 10.0. The van der Waals surface area contributed by atoms with Gasteiger partial charge in [0.1, 0.15) is 11.5 Å². The zero-order valence-corrected chi connectivity index (χ0v) is 12.5. The zero-order chi connectivity index (χ0) is 14.8. The summed E-state index contributed by atoms with van der Waals surface area (Å²) in [6.45, 7) is 5.34. The monoisotopic (exact) mass is 283 g/mol. The van der Waals surface area contributed by atoms with Crippen molar-refractivity contribution in [3.05, 3.63) is 59.2 Å². The largest absolute Gasteiger partial charge is 0.493 e. The molecule has 1 aliphatic heterocycles. The van der Waals surface area contributed by atoms with Gasteiger partial charge in [-0.3, -0.25) is 0 Å². The molecule has 2 atom stereocenters. The predicted octanol–water partition coefficient (Wildman–Crippen LogP) is 3.57. The van der Waals surface area contributed by atoms with Crippen LogP contribution in [0.3, 0.4) is 0 Å². The van der Waals surface area contributed by atoms with Crippen LogP contribution in [0.4, 0.5) is 0 Å². The molecule has 2 N–H and O–H groups in total. The van der Waals surface area contributed by atoms with E-state index in [0.29, 0.717) is 13.2 Å². The topological polar surface area (TPSA) is 44.5 Å². The molecular formula is C18H21NO2. The molecule has 0 radical (unpaired) electrons. The van der Waals surface area contributed by atoms with Crippen molar-refractivity contribution < 1.29 is 9.47 Å².